The van der Waals surface area contributed by atoms with Crippen LogP contribution in [0.1, 0.15) is 18.5 Å². The number of anilines is 1. The summed E-state index contributed by atoms with van der Waals surface area (Å²) in [6, 6.07) is 19.7. The molecule has 3 rings (SSSR count). The summed E-state index contributed by atoms with van der Waals surface area (Å²) >= 11 is 0. The molecule has 162 valence electrons. The van der Waals surface area contributed by atoms with E-state index in [1.54, 1.807) is 61.5 Å². The van der Waals surface area contributed by atoms with E-state index in [2.05, 4.69) is 5.32 Å². The van der Waals surface area contributed by atoms with Gasteiger partial charge in [-0.05, 0) is 48.9 Å². The molecule has 8 heteroatoms. The molecule has 0 aliphatic rings. The Balaban J connectivity index is 1.89. The van der Waals surface area contributed by atoms with Gasteiger partial charge >= 0.3 is 0 Å². The summed E-state index contributed by atoms with van der Waals surface area (Å²) in [5.74, 6) is -0.412. The molecule has 0 bridgehead atoms. The number of carbonyl (C=O) groups is 1. The van der Waals surface area contributed by atoms with Crippen LogP contribution in [0.25, 0.3) is 0 Å². The lowest BCUT2D eigenvalue weighted by Gasteiger charge is -2.25. The molecule has 0 aromatic heterocycles. The quantitative estimate of drug-likeness (QED) is 0.574. The molecule has 6 nitrogen and oxygen atoms in total. The zero-order valence-electron chi connectivity index (χ0n) is 17.2. The second-order valence-corrected chi connectivity index (χ2v) is 8.73. The second kappa shape index (κ2) is 9.61. The molecule has 0 saturated carbocycles. The summed E-state index contributed by atoms with van der Waals surface area (Å²) in [4.78, 5) is 12.9. The summed E-state index contributed by atoms with van der Waals surface area (Å²) in [5.41, 5.74) is 1.00. The fourth-order valence-corrected chi connectivity index (χ4v) is 4.49. The van der Waals surface area contributed by atoms with Crippen LogP contribution in [0.5, 0.6) is 5.75 Å². The third-order valence-corrected chi connectivity index (χ3v) is 6.50. The maximum absolute atomic E-state index is 13.3. The fraction of sp³-hybridized carbons (Fsp3) is 0.174. The van der Waals surface area contributed by atoms with Crippen molar-refractivity contribution in [2.75, 3.05) is 18.0 Å². The second-order valence-electron chi connectivity index (χ2n) is 6.87. The van der Waals surface area contributed by atoms with E-state index in [0.29, 0.717) is 17.0 Å². The molecule has 1 N–H and O–H groups in total. The van der Waals surface area contributed by atoms with E-state index < -0.39 is 28.5 Å². The number of sulfonamides is 1. The Kier molecular flexibility index (Phi) is 6.91. The van der Waals surface area contributed by atoms with E-state index in [4.69, 9.17) is 4.74 Å². The van der Waals surface area contributed by atoms with E-state index in [1.807, 2.05) is 0 Å². The monoisotopic (exact) mass is 442 g/mol. The van der Waals surface area contributed by atoms with Gasteiger partial charge in [-0.3, -0.25) is 9.10 Å². The van der Waals surface area contributed by atoms with Gasteiger partial charge in [-0.2, -0.15) is 0 Å². The van der Waals surface area contributed by atoms with Gasteiger partial charge in [-0.25, -0.2) is 12.8 Å². The van der Waals surface area contributed by atoms with Crippen molar-refractivity contribution in [3.63, 3.8) is 0 Å². The normalized spacial score (nSPS) is 12.1. The van der Waals surface area contributed by atoms with Crippen molar-refractivity contribution in [3.05, 3.63) is 90.2 Å². The number of hydrogen-bond acceptors (Lipinski definition) is 4. The van der Waals surface area contributed by atoms with Crippen molar-refractivity contribution >= 4 is 21.6 Å². The average molecular weight is 443 g/mol. The summed E-state index contributed by atoms with van der Waals surface area (Å²) in [6.07, 6.45) is 0. The average Bonchev–Trinajstić information content (AvgIpc) is 2.78. The van der Waals surface area contributed by atoms with Crippen LogP contribution in [0, 0.1) is 5.82 Å². The lowest BCUT2D eigenvalue weighted by Crippen LogP contribution is -2.41. The van der Waals surface area contributed by atoms with Crippen LogP contribution in [0.4, 0.5) is 10.1 Å². The summed E-state index contributed by atoms with van der Waals surface area (Å²) in [5, 5.41) is 2.77. The first-order valence-corrected chi connectivity index (χ1v) is 11.0. The Labute approximate surface area is 181 Å². The molecule has 0 aliphatic heterocycles. The number of ether oxygens (including phenoxy) is 1. The van der Waals surface area contributed by atoms with Crippen LogP contribution < -0.4 is 14.4 Å². The molecule has 0 saturated heterocycles. The lowest BCUT2D eigenvalue weighted by molar-refractivity contribution is -0.120. The number of nitrogens with zero attached hydrogens (tertiary/aromatic N) is 1. The predicted molar refractivity (Wildman–Crippen MR) is 117 cm³/mol. The minimum Gasteiger partial charge on any atom is -0.497 e. The van der Waals surface area contributed by atoms with Crippen molar-refractivity contribution in [2.45, 2.75) is 17.9 Å². The molecule has 0 radical (unpaired) electrons. The highest BCUT2D eigenvalue weighted by atomic mass is 32.2. The van der Waals surface area contributed by atoms with Gasteiger partial charge in [-0.15, -0.1) is 0 Å². The van der Waals surface area contributed by atoms with E-state index >= 15 is 0 Å². The van der Waals surface area contributed by atoms with Crippen molar-refractivity contribution in [1.29, 1.82) is 0 Å². The molecular weight excluding hydrogens is 419 g/mol. The number of hydrogen-bond donors (Lipinski definition) is 1. The van der Waals surface area contributed by atoms with Crippen molar-refractivity contribution in [1.82, 2.24) is 5.32 Å². The third kappa shape index (κ3) is 5.40. The van der Waals surface area contributed by atoms with Crippen LogP contribution >= 0.6 is 0 Å². The number of methoxy groups -OCH3 is 1. The van der Waals surface area contributed by atoms with Crippen LogP contribution in [-0.2, 0) is 14.8 Å². The third-order valence-electron chi connectivity index (χ3n) is 4.71. The van der Waals surface area contributed by atoms with E-state index in [1.165, 1.54) is 31.4 Å². The minimum atomic E-state index is -4.01. The van der Waals surface area contributed by atoms with Crippen molar-refractivity contribution in [2.24, 2.45) is 0 Å². The Hall–Kier alpha value is -3.39. The molecule has 0 spiro atoms. The van der Waals surface area contributed by atoms with Crippen LogP contribution in [0.15, 0.2) is 83.8 Å². The molecule has 0 aliphatic carbocycles. The molecule has 1 amide bonds. The first-order chi connectivity index (χ1) is 14.8. The molecule has 3 aromatic rings. The molecular formula is C23H23FN2O4S. The molecule has 3 aromatic carbocycles. The Morgan fingerprint density at radius 1 is 1.03 bits per heavy atom. The van der Waals surface area contributed by atoms with Crippen molar-refractivity contribution in [3.8, 4) is 5.75 Å². The number of nitrogens with one attached hydrogen (secondary N) is 1. The maximum atomic E-state index is 13.3. The van der Waals surface area contributed by atoms with Crippen LogP contribution in [-0.4, -0.2) is 28.0 Å². The largest absolute Gasteiger partial charge is 0.497 e. The van der Waals surface area contributed by atoms with Crippen molar-refractivity contribution < 1.29 is 22.3 Å². The van der Waals surface area contributed by atoms with E-state index in [9.17, 15) is 17.6 Å². The molecule has 31 heavy (non-hydrogen) atoms. The lowest BCUT2D eigenvalue weighted by atomic mass is 10.1. The SMILES string of the molecule is COc1cccc(N(CC(=O)NC(C)c2ccc(F)cc2)S(=O)(=O)c2ccccc2)c1. The summed E-state index contributed by atoms with van der Waals surface area (Å²) in [7, 11) is -2.53. The summed E-state index contributed by atoms with van der Waals surface area (Å²) < 4.78 is 46.1. The van der Waals surface area contributed by atoms with Gasteiger partial charge in [0.1, 0.15) is 18.1 Å². The van der Waals surface area contributed by atoms with Gasteiger partial charge in [0.2, 0.25) is 5.91 Å². The first-order valence-electron chi connectivity index (χ1n) is 9.58. The van der Waals surface area contributed by atoms with Gasteiger partial charge in [0.15, 0.2) is 0 Å². The first kappa shape index (κ1) is 22.3. The van der Waals surface area contributed by atoms with E-state index in [0.717, 1.165) is 4.31 Å². The predicted octanol–water partition coefficient (Wildman–Crippen LogP) is 3.91. The Bertz CT molecular complexity index is 1140. The highest BCUT2D eigenvalue weighted by Gasteiger charge is 2.28. The molecule has 1 unspecified atom stereocenters. The fourth-order valence-electron chi connectivity index (χ4n) is 3.05. The number of halogens is 1. The molecule has 0 fully saturated rings. The highest BCUT2D eigenvalue weighted by Crippen LogP contribution is 2.27. The van der Waals surface area contributed by atoms with Gasteiger partial charge in [-0.1, -0.05) is 36.4 Å². The molecule has 0 heterocycles. The van der Waals surface area contributed by atoms with Crippen LogP contribution in [0.3, 0.4) is 0 Å². The minimum absolute atomic E-state index is 0.0669. The Morgan fingerprint density at radius 2 is 1.71 bits per heavy atom. The number of carbonyl (C=O) groups excluding carboxylic acids is 1. The molecule has 1 atom stereocenters. The van der Waals surface area contributed by atoms with Gasteiger partial charge < -0.3 is 10.1 Å². The van der Waals surface area contributed by atoms with Gasteiger partial charge in [0.05, 0.1) is 23.7 Å². The zero-order chi connectivity index (χ0) is 22.4. The van der Waals surface area contributed by atoms with E-state index in [-0.39, 0.29) is 10.7 Å². The van der Waals surface area contributed by atoms with Gasteiger partial charge in [0, 0.05) is 6.07 Å². The topological polar surface area (TPSA) is 75.7 Å². The summed E-state index contributed by atoms with van der Waals surface area (Å²) in [6.45, 7) is 1.31. The van der Waals surface area contributed by atoms with Gasteiger partial charge in [0.25, 0.3) is 10.0 Å². The number of rotatable bonds is 8. The van der Waals surface area contributed by atoms with Crippen LogP contribution in [0.2, 0.25) is 0 Å². The maximum Gasteiger partial charge on any atom is 0.264 e. The number of amides is 1. The zero-order valence-corrected chi connectivity index (χ0v) is 18.0. The standard InChI is InChI=1S/C23H23FN2O4S/c1-17(18-11-13-19(24)14-12-18)25-23(27)16-26(20-7-6-8-21(15-20)30-2)31(28,29)22-9-4-3-5-10-22/h3-15,17H,16H2,1-2H3,(H,25,27). The highest BCUT2D eigenvalue weighted by molar-refractivity contribution is 7.92. The smallest absolute Gasteiger partial charge is 0.264 e. The number of benzene rings is 3. The Morgan fingerprint density at radius 3 is 2.35 bits per heavy atom.